The van der Waals surface area contributed by atoms with Crippen molar-refractivity contribution >= 4 is 47.6 Å². The first-order valence-corrected chi connectivity index (χ1v) is 19.6. The first kappa shape index (κ1) is 47.4. The number of benzene rings is 3. The van der Waals surface area contributed by atoms with Crippen molar-refractivity contribution in [1.82, 2.24) is 42.5 Å². The van der Waals surface area contributed by atoms with Crippen molar-refractivity contribution in [3.8, 4) is 0 Å². The molecule has 9 amide bonds. The fourth-order valence-corrected chi connectivity index (χ4v) is 5.69. The Morgan fingerprint density at radius 1 is 0.567 bits per heavy atom. The van der Waals surface area contributed by atoms with Crippen molar-refractivity contribution in [2.24, 2.45) is 22.2 Å². The van der Waals surface area contributed by atoms with E-state index >= 15 is 0 Å². The number of nitrogens with zero attached hydrogens (tertiary/aromatic N) is 1. The minimum atomic E-state index is -0.940. The summed E-state index contributed by atoms with van der Waals surface area (Å²) < 4.78 is 0. The highest BCUT2D eigenvalue weighted by molar-refractivity contribution is 5.95. The van der Waals surface area contributed by atoms with Gasteiger partial charge in [-0.2, -0.15) is 0 Å². The topological polar surface area (TPSA) is 306 Å². The maximum atomic E-state index is 13.9. The molecule has 0 bridgehead atoms. The lowest BCUT2D eigenvalue weighted by Gasteiger charge is -2.23. The summed E-state index contributed by atoms with van der Waals surface area (Å²) >= 11 is 0. The second-order valence-electron chi connectivity index (χ2n) is 13.4. The zero-order chi connectivity index (χ0) is 43.5. The molecule has 19 nitrogen and oxygen atoms in total. The number of nitrogens with one attached hydrogen (secondary N) is 8. The van der Waals surface area contributed by atoms with E-state index in [-0.39, 0.29) is 108 Å². The van der Waals surface area contributed by atoms with Crippen molar-refractivity contribution < 1.29 is 33.6 Å². The third-order valence-electron chi connectivity index (χ3n) is 8.74. The summed E-state index contributed by atoms with van der Waals surface area (Å²) in [5, 5.41) is 21.1. The molecular weight excluding hydrogens is 773 g/mol. The molecule has 0 heterocycles. The predicted octanol–water partition coefficient (Wildman–Crippen LogP) is -0.340. The highest BCUT2D eigenvalue weighted by Gasteiger charge is 2.28. The van der Waals surface area contributed by atoms with E-state index < -0.39 is 29.9 Å². The molecule has 0 saturated heterocycles. The highest BCUT2D eigenvalue weighted by Crippen LogP contribution is 2.25. The van der Waals surface area contributed by atoms with Gasteiger partial charge in [0, 0.05) is 71.6 Å². The van der Waals surface area contributed by atoms with Gasteiger partial charge in [-0.15, -0.1) is 0 Å². The average Bonchev–Trinajstić information content (AvgIpc) is 3.24. The van der Waals surface area contributed by atoms with Crippen LogP contribution in [0.3, 0.4) is 0 Å². The lowest BCUT2D eigenvalue weighted by atomic mass is 9.90. The number of carbonyl (C=O) groups is 7. The van der Waals surface area contributed by atoms with Gasteiger partial charge >= 0.3 is 12.1 Å². The predicted molar refractivity (Wildman–Crippen MR) is 226 cm³/mol. The van der Waals surface area contributed by atoms with E-state index in [1.807, 2.05) is 72.8 Å². The van der Waals surface area contributed by atoms with E-state index in [4.69, 9.17) is 17.2 Å². The summed E-state index contributed by atoms with van der Waals surface area (Å²) in [6, 6.07) is 23.5. The number of guanidine groups is 1. The number of hydrogen-bond donors (Lipinski definition) is 11. The monoisotopic (exact) mass is 828 g/mol. The SMILES string of the molecule is NCCC(=O)NCCNC(=O)CCC(=O)NCCNC(=O)NC(N)=NCCC[C@@H](NC(=O)C(c1ccccc1)c1ccccc1)C(=O)NCc1ccc(CNC(N)=O)cc1. The molecular formula is C41H56N12O7. The van der Waals surface area contributed by atoms with Crippen LogP contribution in [0.25, 0.3) is 0 Å². The summed E-state index contributed by atoms with van der Waals surface area (Å²) in [7, 11) is 0. The summed E-state index contributed by atoms with van der Waals surface area (Å²) in [5.41, 5.74) is 19.5. The van der Waals surface area contributed by atoms with Crippen LogP contribution in [0.5, 0.6) is 0 Å². The number of nitrogens with two attached hydrogens (primary N) is 3. The standard InChI is InChI=1S/C41H56N12O7/c42-20-19-35(56)47-23-22-45-33(54)17-18-34(55)46-24-25-49-41(60)53-39(43)48-21-7-12-32(37(57)50-26-28-13-15-29(16-14-28)27-51-40(44)59)52-38(58)36(30-8-3-1-4-9-30)31-10-5-2-6-11-31/h1-6,8-11,13-16,32,36H,7,12,17-27,42H2,(H,45,54)(H,46,55)(H,47,56)(H,50,57)(H,52,58)(H3,44,51,59)(H4,43,48,49,53,60)/t32-/m1/s1. The van der Waals surface area contributed by atoms with Crippen LogP contribution in [-0.2, 0) is 37.1 Å². The Bertz CT molecular complexity index is 1840. The molecule has 0 spiro atoms. The van der Waals surface area contributed by atoms with Gasteiger partial charge in [-0.1, -0.05) is 84.9 Å². The average molecular weight is 829 g/mol. The summed E-state index contributed by atoms with van der Waals surface area (Å²) in [4.78, 5) is 90.5. The second-order valence-corrected chi connectivity index (χ2v) is 13.4. The van der Waals surface area contributed by atoms with Crippen molar-refractivity contribution in [3.63, 3.8) is 0 Å². The van der Waals surface area contributed by atoms with Crippen molar-refractivity contribution in [1.29, 1.82) is 0 Å². The van der Waals surface area contributed by atoms with Gasteiger partial charge < -0.3 is 54.4 Å². The largest absolute Gasteiger partial charge is 0.370 e. The molecule has 0 saturated carbocycles. The highest BCUT2D eigenvalue weighted by atomic mass is 16.2. The Morgan fingerprint density at radius 2 is 1.05 bits per heavy atom. The molecule has 0 aromatic heterocycles. The van der Waals surface area contributed by atoms with Crippen LogP contribution in [-0.4, -0.2) is 92.9 Å². The Morgan fingerprint density at radius 3 is 1.55 bits per heavy atom. The molecule has 1 atom stereocenters. The van der Waals surface area contributed by atoms with Crippen molar-refractivity contribution in [2.75, 3.05) is 39.3 Å². The number of rotatable bonds is 24. The summed E-state index contributed by atoms with van der Waals surface area (Å²) in [6.07, 6.45) is 0.616. The van der Waals surface area contributed by atoms with Crippen molar-refractivity contribution in [2.45, 2.75) is 57.2 Å². The summed E-state index contributed by atoms with van der Waals surface area (Å²) in [6.45, 7) is 1.45. The first-order valence-electron chi connectivity index (χ1n) is 19.6. The number of hydrogen-bond acceptors (Lipinski definition) is 9. The van der Waals surface area contributed by atoms with Gasteiger partial charge in [-0.25, -0.2) is 9.59 Å². The maximum absolute atomic E-state index is 13.9. The number of primary amides is 1. The van der Waals surface area contributed by atoms with Crippen LogP contribution < -0.4 is 59.7 Å². The van der Waals surface area contributed by atoms with Gasteiger partial charge in [-0.05, 0) is 35.1 Å². The molecule has 0 aliphatic rings. The molecule has 60 heavy (non-hydrogen) atoms. The molecule has 3 aromatic rings. The number of amides is 9. The second kappa shape index (κ2) is 26.8. The number of urea groups is 2. The number of carbonyl (C=O) groups excluding carboxylic acids is 7. The van der Waals surface area contributed by atoms with E-state index in [1.54, 1.807) is 12.1 Å². The molecule has 19 heteroatoms. The molecule has 0 unspecified atom stereocenters. The van der Waals surface area contributed by atoms with Crippen LogP contribution in [0.2, 0.25) is 0 Å². The smallest absolute Gasteiger partial charge is 0.321 e. The van der Waals surface area contributed by atoms with E-state index in [2.05, 4.69) is 47.5 Å². The Balaban J connectivity index is 1.48. The molecule has 322 valence electrons. The zero-order valence-electron chi connectivity index (χ0n) is 33.5. The molecule has 0 aliphatic heterocycles. The fraction of sp³-hybridized carbons (Fsp3) is 0.366. The third-order valence-corrected chi connectivity index (χ3v) is 8.74. The van der Waals surface area contributed by atoms with Crippen LogP contribution in [0.4, 0.5) is 9.59 Å². The van der Waals surface area contributed by atoms with Crippen LogP contribution in [0.15, 0.2) is 89.9 Å². The maximum Gasteiger partial charge on any atom is 0.321 e. The molecule has 3 aromatic carbocycles. The van der Waals surface area contributed by atoms with Gasteiger partial charge in [0.2, 0.25) is 29.5 Å². The van der Waals surface area contributed by atoms with E-state index in [0.717, 1.165) is 22.3 Å². The van der Waals surface area contributed by atoms with Crippen LogP contribution in [0.1, 0.15) is 60.3 Å². The quantitative estimate of drug-likeness (QED) is 0.0319. The van der Waals surface area contributed by atoms with E-state index in [9.17, 15) is 33.6 Å². The molecule has 3 rings (SSSR count). The van der Waals surface area contributed by atoms with Gasteiger partial charge in [0.15, 0.2) is 5.96 Å². The van der Waals surface area contributed by atoms with Gasteiger partial charge in [0.05, 0.1) is 5.92 Å². The minimum Gasteiger partial charge on any atom is -0.370 e. The van der Waals surface area contributed by atoms with Crippen LogP contribution in [0, 0.1) is 0 Å². The number of aliphatic imine (C=N–C) groups is 1. The minimum absolute atomic E-state index is 0.0440. The van der Waals surface area contributed by atoms with E-state index in [0.29, 0.717) is 6.42 Å². The lowest BCUT2D eigenvalue weighted by Crippen LogP contribution is -2.48. The van der Waals surface area contributed by atoms with Gasteiger partial charge in [0.1, 0.15) is 6.04 Å². The van der Waals surface area contributed by atoms with Crippen LogP contribution >= 0.6 is 0 Å². The molecule has 0 fully saturated rings. The normalized spacial score (nSPS) is 11.4. The van der Waals surface area contributed by atoms with Gasteiger partial charge in [-0.3, -0.25) is 34.3 Å². The first-order chi connectivity index (χ1) is 28.9. The fourth-order valence-electron chi connectivity index (χ4n) is 5.69. The molecule has 0 aliphatic carbocycles. The van der Waals surface area contributed by atoms with E-state index in [1.165, 1.54) is 0 Å². The zero-order valence-corrected chi connectivity index (χ0v) is 33.5. The Kier molecular flexibility index (Phi) is 21.2. The Labute approximate surface area is 348 Å². The summed E-state index contributed by atoms with van der Waals surface area (Å²) in [5.74, 6) is -2.55. The Hall–Kier alpha value is -7.02. The molecule has 0 radical (unpaired) electrons. The van der Waals surface area contributed by atoms with Gasteiger partial charge in [0.25, 0.3) is 0 Å². The van der Waals surface area contributed by atoms with Crippen molar-refractivity contribution in [3.05, 3.63) is 107 Å². The molecule has 14 N–H and O–H groups in total. The third kappa shape index (κ3) is 18.9. The lowest BCUT2D eigenvalue weighted by molar-refractivity contribution is -0.129.